The Morgan fingerprint density at radius 3 is 2.48 bits per heavy atom. The molecule has 0 radical (unpaired) electrons. The summed E-state index contributed by atoms with van der Waals surface area (Å²) in [5, 5.41) is 10.2. The molecule has 228 valence electrons. The van der Waals surface area contributed by atoms with Crippen molar-refractivity contribution in [2.45, 2.75) is 70.0 Å². The number of carbonyl (C=O) groups is 2. The highest BCUT2D eigenvalue weighted by molar-refractivity contribution is 5.81. The Labute approximate surface area is 247 Å². The molecule has 0 aromatic heterocycles. The van der Waals surface area contributed by atoms with Gasteiger partial charge in [-0.2, -0.15) is 0 Å². The molecule has 0 saturated carbocycles. The number of methoxy groups -OCH3 is 1. The molecule has 0 bridgehead atoms. The summed E-state index contributed by atoms with van der Waals surface area (Å²) in [7, 11) is 1.58. The number of nitrogens with zero attached hydrogens (tertiary/aromatic N) is 3. The molecule has 2 saturated heterocycles. The van der Waals surface area contributed by atoms with Crippen molar-refractivity contribution < 1.29 is 28.2 Å². The van der Waals surface area contributed by atoms with E-state index in [1.807, 2.05) is 11.0 Å². The topological polar surface area (TPSA) is 73.3 Å². The lowest BCUT2D eigenvalue weighted by atomic mass is 9.87. The number of carboxylic acids is 1. The first-order chi connectivity index (χ1) is 20.0. The number of hydrogen-bond acceptors (Lipinski definition) is 5. The Kier molecular flexibility index (Phi) is 9.02. The molecule has 2 heterocycles. The van der Waals surface area contributed by atoms with E-state index in [9.17, 15) is 19.1 Å². The van der Waals surface area contributed by atoms with Gasteiger partial charge in [-0.1, -0.05) is 24.3 Å². The van der Waals surface area contributed by atoms with E-state index in [-0.39, 0.29) is 24.1 Å². The number of likely N-dealkylation sites (tertiary alicyclic amines) is 1. The van der Waals surface area contributed by atoms with Crippen molar-refractivity contribution in [1.29, 1.82) is 0 Å². The highest BCUT2D eigenvalue weighted by Crippen LogP contribution is 2.39. The third-order valence-corrected chi connectivity index (χ3v) is 9.42. The first-order valence-corrected chi connectivity index (χ1v) is 15.0. The van der Waals surface area contributed by atoms with Crippen LogP contribution in [0.25, 0.3) is 0 Å². The number of halogens is 2. The van der Waals surface area contributed by atoms with Crippen molar-refractivity contribution in [1.82, 2.24) is 14.7 Å². The van der Waals surface area contributed by atoms with Gasteiger partial charge in [-0.25, -0.2) is 8.78 Å². The number of ether oxygens (including phenoxy) is 1. The summed E-state index contributed by atoms with van der Waals surface area (Å²) < 4.78 is 34.3. The lowest BCUT2D eigenvalue weighted by Crippen LogP contribution is -2.61. The summed E-state index contributed by atoms with van der Waals surface area (Å²) in [5.41, 5.74) is 3.80. The van der Waals surface area contributed by atoms with Gasteiger partial charge in [-0.15, -0.1) is 0 Å². The Hall–Kier alpha value is -2.88. The Bertz CT molecular complexity index is 1310. The van der Waals surface area contributed by atoms with Crippen LogP contribution in [0.4, 0.5) is 8.78 Å². The van der Waals surface area contributed by atoms with Gasteiger partial charge in [0.25, 0.3) is 0 Å². The largest absolute Gasteiger partial charge is 0.480 e. The van der Waals surface area contributed by atoms with Crippen LogP contribution in [0, 0.1) is 17.6 Å². The number of hydrogen-bond donors (Lipinski definition) is 1. The van der Waals surface area contributed by atoms with E-state index < -0.39 is 35.5 Å². The van der Waals surface area contributed by atoms with Gasteiger partial charge in [0, 0.05) is 57.4 Å². The van der Waals surface area contributed by atoms with Crippen molar-refractivity contribution in [2.75, 3.05) is 46.4 Å². The molecular weight excluding hydrogens is 540 g/mol. The normalized spacial score (nSPS) is 24.1. The maximum Gasteiger partial charge on any atom is 0.321 e. The second-order valence-electron chi connectivity index (χ2n) is 13.1. The lowest BCUT2D eigenvalue weighted by molar-refractivity contribution is -0.148. The fourth-order valence-electron chi connectivity index (χ4n) is 7.07. The van der Waals surface area contributed by atoms with Crippen molar-refractivity contribution in [3.05, 3.63) is 70.3 Å². The van der Waals surface area contributed by atoms with Crippen molar-refractivity contribution in [3.63, 3.8) is 0 Å². The molecule has 1 amide bonds. The summed E-state index contributed by atoms with van der Waals surface area (Å²) >= 11 is 0. The third-order valence-electron chi connectivity index (χ3n) is 9.42. The quantitative estimate of drug-likeness (QED) is 0.504. The van der Waals surface area contributed by atoms with Gasteiger partial charge >= 0.3 is 5.97 Å². The van der Waals surface area contributed by atoms with Gasteiger partial charge in [0.1, 0.15) is 17.7 Å². The summed E-state index contributed by atoms with van der Waals surface area (Å²) in [4.78, 5) is 32.7. The SMILES string of the molecule is COC[C@H]1CN([C@@H](Cc2ccc3c(c2)CCC3)C(=O)O)CCN1C(=O)[C@@H]1CN(C(C)(C)C)C[C@H]1c1ccc(F)cc1F. The predicted molar refractivity (Wildman–Crippen MR) is 156 cm³/mol. The van der Waals surface area contributed by atoms with E-state index in [1.165, 1.54) is 23.3 Å². The molecule has 2 aliphatic heterocycles. The molecule has 4 atom stereocenters. The number of aliphatic carboxylic acids is 1. The minimum atomic E-state index is -0.880. The number of benzene rings is 2. The molecule has 2 aromatic carbocycles. The van der Waals surface area contributed by atoms with E-state index in [1.54, 1.807) is 12.0 Å². The van der Waals surface area contributed by atoms with E-state index in [2.05, 4.69) is 37.8 Å². The lowest BCUT2D eigenvalue weighted by Gasteiger charge is -2.44. The Morgan fingerprint density at radius 2 is 1.79 bits per heavy atom. The number of fused-ring (bicyclic) bond motifs is 1. The van der Waals surface area contributed by atoms with Crippen molar-refractivity contribution >= 4 is 11.9 Å². The average molecular weight is 584 g/mol. The molecule has 3 aliphatic rings. The maximum absolute atomic E-state index is 15.0. The monoisotopic (exact) mass is 583 g/mol. The van der Waals surface area contributed by atoms with Crippen molar-refractivity contribution in [3.8, 4) is 0 Å². The summed E-state index contributed by atoms with van der Waals surface area (Å²) in [6, 6.07) is 8.86. The van der Waals surface area contributed by atoms with Gasteiger partial charge in [-0.3, -0.25) is 19.4 Å². The molecule has 5 rings (SSSR count). The minimum Gasteiger partial charge on any atom is -0.480 e. The first-order valence-electron chi connectivity index (χ1n) is 15.0. The van der Waals surface area contributed by atoms with Crippen LogP contribution in [0.2, 0.25) is 0 Å². The maximum atomic E-state index is 15.0. The van der Waals surface area contributed by atoms with E-state index in [0.717, 1.165) is 30.9 Å². The number of piperazine rings is 1. The minimum absolute atomic E-state index is 0.0947. The zero-order chi connectivity index (χ0) is 30.2. The van der Waals surface area contributed by atoms with E-state index >= 15 is 4.39 Å². The predicted octanol–water partition coefficient (Wildman–Crippen LogP) is 4.12. The van der Waals surface area contributed by atoms with Crippen LogP contribution in [0.5, 0.6) is 0 Å². The molecule has 7 nitrogen and oxygen atoms in total. The van der Waals surface area contributed by atoms with Crippen LogP contribution in [0.3, 0.4) is 0 Å². The van der Waals surface area contributed by atoms with Crippen molar-refractivity contribution in [2.24, 2.45) is 5.92 Å². The molecule has 2 aromatic rings. The number of aryl methyl sites for hydroxylation is 2. The second-order valence-corrected chi connectivity index (χ2v) is 13.1. The third kappa shape index (κ3) is 6.38. The van der Waals surface area contributed by atoms with Crippen LogP contribution < -0.4 is 0 Å². The van der Waals surface area contributed by atoms with Gasteiger partial charge in [0.2, 0.25) is 5.91 Å². The average Bonchev–Trinajstić information content (AvgIpc) is 3.59. The number of carboxylic acid groups (broad SMARTS) is 1. The molecule has 0 unspecified atom stereocenters. The smallest absolute Gasteiger partial charge is 0.321 e. The standard InChI is InChI=1S/C33H43F2N3O4/c1-33(2,3)37-18-27(26-11-10-24(34)16-29(26)35)28(19-37)31(39)38-13-12-36(17-25(38)20-42-4)30(32(40)41)15-21-8-9-22-6-5-7-23(22)14-21/h8-11,14,16,25,27-28,30H,5-7,12-13,15,17-20H2,1-4H3,(H,40,41)/t25-,27+,28-,30+/m1/s1. The fourth-order valence-corrected chi connectivity index (χ4v) is 7.07. The van der Waals surface area contributed by atoms with Crippen LogP contribution in [-0.4, -0.2) is 95.7 Å². The van der Waals surface area contributed by atoms with E-state index in [4.69, 9.17) is 4.74 Å². The van der Waals surface area contributed by atoms with Crippen LogP contribution in [0.15, 0.2) is 36.4 Å². The first kappa shape index (κ1) is 30.6. The number of carbonyl (C=O) groups excluding carboxylic acids is 1. The zero-order valence-corrected chi connectivity index (χ0v) is 25.1. The zero-order valence-electron chi connectivity index (χ0n) is 25.1. The molecular formula is C33H43F2N3O4. The summed E-state index contributed by atoms with van der Waals surface area (Å²) in [6.07, 6.45) is 3.65. The van der Waals surface area contributed by atoms with Gasteiger partial charge in [0.15, 0.2) is 0 Å². The Morgan fingerprint density at radius 1 is 1.02 bits per heavy atom. The molecule has 42 heavy (non-hydrogen) atoms. The van der Waals surface area contributed by atoms with Gasteiger partial charge in [0.05, 0.1) is 18.6 Å². The molecule has 0 spiro atoms. The highest BCUT2D eigenvalue weighted by atomic mass is 19.1. The Balaban J connectivity index is 1.36. The summed E-state index contributed by atoms with van der Waals surface area (Å²) in [6.45, 7) is 8.54. The number of rotatable bonds is 8. The highest BCUT2D eigenvalue weighted by Gasteiger charge is 2.46. The van der Waals surface area contributed by atoms with Crippen LogP contribution >= 0.6 is 0 Å². The molecule has 1 N–H and O–H groups in total. The van der Waals surface area contributed by atoms with E-state index in [0.29, 0.717) is 44.7 Å². The van der Waals surface area contributed by atoms with Gasteiger partial charge in [-0.05, 0) is 74.8 Å². The fraction of sp³-hybridized carbons (Fsp3) is 0.576. The van der Waals surface area contributed by atoms with Crippen LogP contribution in [-0.2, 0) is 33.6 Å². The van der Waals surface area contributed by atoms with Crippen LogP contribution in [0.1, 0.15) is 55.4 Å². The second kappa shape index (κ2) is 12.4. The van der Waals surface area contributed by atoms with Gasteiger partial charge < -0.3 is 14.7 Å². The molecule has 1 aliphatic carbocycles. The number of amides is 1. The summed E-state index contributed by atoms with van der Waals surface area (Å²) in [5.74, 6) is -3.20. The molecule has 9 heteroatoms. The molecule has 2 fully saturated rings.